The predicted molar refractivity (Wildman–Crippen MR) is 73.1 cm³/mol. The Kier molecular flexibility index (Phi) is 4.87. The van der Waals surface area contributed by atoms with E-state index < -0.39 is 11.6 Å². The van der Waals surface area contributed by atoms with Gasteiger partial charge < -0.3 is 10.1 Å². The molecule has 1 N–H and O–H groups in total. The lowest BCUT2D eigenvalue weighted by molar-refractivity contribution is 0.448. The molecule has 2 rings (SSSR count). The number of hydrogen-bond acceptors (Lipinski definition) is 3. The van der Waals surface area contributed by atoms with Crippen molar-refractivity contribution in [2.75, 3.05) is 6.54 Å². The normalized spacial score (nSPS) is 10.6. The highest BCUT2D eigenvalue weighted by atomic mass is 35.5. The second kappa shape index (κ2) is 6.63. The van der Waals surface area contributed by atoms with E-state index in [2.05, 4.69) is 10.3 Å². The van der Waals surface area contributed by atoms with E-state index in [9.17, 15) is 8.78 Å². The number of hydrogen-bond donors (Lipinski definition) is 1. The van der Waals surface area contributed by atoms with Crippen LogP contribution in [0.15, 0.2) is 30.5 Å². The number of benzene rings is 1. The standard InChI is InChI=1S/C14H13ClF2N2O/c1-2-18-7-9-5-11(17)8-19-14(9)20-13-4-3-10(16)6-12(13)15/h3-6,8,18H,2,7H2,1H3. The lowest BCUT2D eigenvalue weighted by Gasteiger charge is -2.11. The number of nitrogens with zero attached hydrogens (tertiary/aromatic N) is 1. The van der Waals surface area contributed by atoms with Crippen molar-refractivity contribution in [2.24, 2.45) is 0 Å². The first-order chi connectivity index (χ1) is 9.60. The smallest absolute Gasteiger partial charge is 0.223 e. The number of pyridine rings is 1. The lowest BCUT2D eigenvalue weighted by Crippen LogP contribution is -2.13. The Bertz CT molecular complexity index is 608. The van der Waals surface area contributed by atoms with Gasteiger partial charge in [0.2, 0.25) is 5.88 Å². The maximum Gasteiger partial charge on any atom is 0.223 e. The van der Waals surface area contributed by atoms with Crippen LogP contribution in [0.2, 0.25) is 5.02 Å². The number of nitrogens with one attached hydrogen (secondary N) is 1. The third kappa shape index (κ3) is 3.65. The van der Waals surface area contributed by atoms with Crippen LogP contribution in [0, 0.1) is 11.6 Å². The zero-order valence-corrected chi connectivity index (χ0v) is 11.5. The first-order valence-corrected chi connectivity index (χ1v) is 6.46. The fraction of sp³-hybridized carbons (Fsp3) is 0.214. The van der Waals surface area contributed by atoms with E-state index in [4.69, 9.17) is 16.3 Å². The molecule has 0 radical (unpaired) electrons. The monoisotopic (exact) mass is 298 g/mol. The molecule has 0 spiro atoms. The fourth-order valence-corrected chi connectivity index (χ4v) is 1.81. The highest BCUT2D eigenvalue weighted by Gasteiger charge is 2.11. The van der Waals surface area contributed by atoms with E-state index in [1.54, 1.807) is 0 Å². The molecule has 0 amide bonds. The molecule has 1 heterocycles. The second-order valence-electron chi connectivity index (χ2n) is 4.07. The van der Waals surface area contributed by atoms with E-state index in [1.807, 2.05) is 6.92 Å². The van der Waals surface area contributed by atoms with Crippen LogP contribution in [0.3, 0.4) is 0 Å². The molecule has 3 nitrogen and oxygen atoms in total. The molecule has 0 atom stereocenters. The van der Waals surface area contributed by atoms with Gasteiger partial charge >= 0.3 is 0 Å². The summed E-state index contributed by atoms with van der Waals surface area (Å²) in [7, 11) is 0. The largest absolute Gasteiger partial charge is 0.437 e. The molecule has 0 unspecified atom stereocenters. The zero-order valence-electron chi connectivity index (χ0n) is 10.8. The van der Waals surface area contributed by atoms with Gasteiger partial charge in [0, 0.05) is 12.1 Å². The number of rotatable bonds is 5. The minimum Gasteiger partial charge on any atom is -0.437 e. The molecule has 0 bridgehead atoms. The quantitative estimate of drug-likeness (QED) is 0.908. The molecule has 0 aliphatic rings. The topological polar surface area (TPSA) is 34.2 Å². The summed E-state index contributed by atoms with van der Waals surface area (Å²) in [4.78, 5) is 3.90. The Hall–Kier alpha value is -1.72. The van der Waals surface area contributed by atoms with E-state index in [-0.39, 0.29) is 16.7 Å². The van der Waals surface area contributed by atoms with Gasteiger partial charge in [-0.15, -0.1) is 0 Å². The van der Waals surface area contributed by atoms with Crippen molar-refractivity contribution in [3.8, 4) is 11.6 Å². The van der Waals surface area contributed by atoms with Gasteiger partial charge in [-0.1, -0.05) is 18.5 Å². The summed E-state index contributed by atoms with van der Waals surface area (Å²) in [5, 5.41) is 3.19. The summed E-state index contributed by atoms with van der Waals surface area (Å²) in [5.41, 5.74) is 0.562. The van der Waals surface area contributed by atoms with E-state index in [0.717, 1.165) is 18.8 Å². The van der Waals surface area contributed by atoms with Gasteiger partial charge in [-0.3, -0.25) is 0 Å². The molecule has 1 aromatic carbocycles. The van der Waals surface area contributed by atoms with E-state index in [1.165, 1.54) is 18.2 Å². The lowest BCUT2D eigenvalue weighted by atomic mass is 10.2. The van der Waals surface area contributed by atoms with Crippen LogP contribution >= 0.6 is 11.6 Å². The molecular formula is C14H13ClF2N2O. The van der Waals surface area contributed by atoms with Crippen molar-refractivity contribution in [3.05, 3.63) is 52.7 Å². The molecule has 0 saturated carbocycles. The third-order valence-electron chi connectivity index (χ3n) is 2.56. The highest BCUT2D eigenvalue weighted by Crippen LogP contribution is 2.30. The Morgan fingerprint density at radius 1 is 1.25 bits per heavy atom. The summed E-state index contributed by atoms with van der Waals surface area (Å²) < 4.78 is 31.7. The average Bonchev–Trinajstić information content (AvgIpc) is 2.41. The minimum atomic E-state index is -0.456. The molecule has 0 fully saturated rings. The molecule has 0 aliphatic carbocycles. The molecule has 6 heteroatoms. The Morgan fingerprint density at radius 2 is 2.05 bits per heavy atom. The predicted octanol–water partition coefficient (Wildman–Crippen LogP) is 3.92. The van der Waals surface area contributed by atoms with Crippen molar-refractivity contribution in [1.29, 1.82) is 0 Å². The van der Waals surface area contributed by atoms with Crippen molar-refractivity contribution in [1.82, 2.24) is 10.3 Å². The summed E-state index contributed by atoms with van der Waals surface area (Å²) >= 11 is 5.88. The molecule has 20 heavy (non-hydrogen) atoms. The van der Waals surface area contributed by atoms with Crippen LogP contribution in [-0.4, -0.2) is 11.5 Å². The van der Waals surface area contributed by atoms with Crippen LogP contribution in [-0.2, 0) is 6.54 Å². The van der Waals surface area contributed by atoms with Gasteiger partial charge in [0.15, 0.2) is 0 Å². The van der Waals surface area contributed by atoms with E-state index in [0.29, 0.717) is 12.1 Å². The summed E-state index contributed by atoms with van der Waals surface area (Å²) in [6, 6.07) is 5.11. The minimum absolute atomic E-state index is 0.130. The van der Waals surface area contributed by atoms with Gasteiger partial charge in [0.05, 0.1) is 11.2 Å². The zero-order chi connectivity index (χ0) is 14.5. The van der Waals surface area contributed by atoms with Crippen molar-refractivity contribution < 1.29 is 13.5 Å². The fourth-order valence-electron chi connectivity index (χ4n) is 1.61. The molecule has 0 saturated heterocycles. The Labute approximate surface area is 120 Å². The van der Waals surface area contributed by atoms with Crippen molar-refractivity contribution in [2.45, 2.75) is 13.5 Å². The van der Waals surface area contributed by atoms with E-state index >= 15 is 0 Å². The Balaban J connectivity index is 2.27. The van der Waals surface area contributed by atoms with Gasteiger partial charge in [0.25, 0.3) is 0 Å². The molecule has 2 aromatic rings. The number of aromatic nitrogens is 1. The average molecular weight is 299 g/mol. The third-order valence-corrected chi connectivity index (χ3v) is 2.85. The maximum atomic E-state index is 13.2. The van der Waals surface area contributed by atoms with Crippen LogP contribution in [0.4, 0.5) is 8.78 Å². The van der Waals surface area contributed by atoms with Crippen LogP contribution < -0.4 is 10.1 Å². The van der Waals surface area contributed by atoms with Gasteiger partial charge in [0.1, 0.15) is 17.4 Å². The first-order valence-electron chi connectivity index (χ1n) is 6.08. The summed E-state index contributed by atoms with van der Waals surface area (Å²) in [6.45, 7) is 3.08. The first kappa shape index (κ1) is 14.7. The van der Waals surface area contributed by atoms with Gasteiger partial charge in [-0.2, -0.15) is 0 Å². The SMILES string of the molecule is CCNCc1cc(F)cnc1Oc1ccc(F)cc1Cl. The Morgan fingerprint density at radius 3 is 2.75 bits per heavy atom. The van der Waals surface area contributed by atoms with Crippen LogP contribution in [0.5, 0.6) is 11.6 Å². The van der Waals surface area contributed by atoms with Crippen molar-refractivity contribution >= 4 is 11.6 Å². The van der Waals surface area contributed by atoms with Gasteiger partial charge in [-0.05, 0) is 30.8 Å². The van der Waals surface area contributed by atoms with Gasteiger partial charge in [-0.25, -0.2) is 13.8 Å². The molecule has 106 valence electrons. The highest BCUT2D eigenvalue weighted by molar-refractivity contribution is 6.32. The molecular weight excluding hydrogens is 286 g/mol. The molecule has 0 aliphatic heterocycles. The number of halogens is 3. The number of ether oxygens (including phenoxy) is 1. The summed E-state index contributed by atoms with van der Waals surface area (Å²) in [6.07, 6.45) is 1.06. The molecule has 1 aromatic heterocycles. The van der Waals surface area contributed by atoms with Crippen LogP contribution in [0.1, 0.15) is 12.5 Å². The summed E-state index contributed by atoms with van der Waals surface area (Å²) in [5.74, 6) is -0.400. The second-order valence-corrected chi connectivity index (χ2v) is 4.48. The van der Waals surface area contributed by atoms with Crippen molar-refractivity contribution in [3.63, 3.8) is 0 Å². The van der Waals surface area contributed by atoms with Crippen LogP contribution in [0.25, 0.3) is 0 Å². The maximum absolute atomic E-state index is 13.2.